The van der Waals surface area contributed by atoms with Gasteiger partial charge in [0.15, 0.2) is 5.01 Å². The standard InChI is InChI=1S/C18H17N3O3S2/c1-26(23,24)21-10-4-5-12-8-9-13(11-15(12)21)19-17(22)18-20-14-6-2-3-7-16(14)25-18/h2-3,6-9,11H,4-5,10H2,1H3,(H,19,22). The molecule has 1 aromatic heterocycles. The first-order chi connectivity index (χ1) is 12.4. The molecule has 0 saturated heterocycles. The number of fused-ring (bicyclic) bond motifs is 2. The summed E-state index contributed by atoms with van der Waals surface area (Å²) in [7, 11) is -3.34. The Morgan fingerprint density at radius 1 is 1.23 bits per heavy atom. The van der Waals surface area contributed by atoms with Crippen molar-refractivity contribution < 1.29 is 13.2 Å². The predicted molar refractivity (Wildman–Crippen MR) is 105 cm³/mol. The molecule has 2 aromatic carbocycles. The van der Waals surface area contributed by atoms with E-state index in [9.17, 15) is 13.2 Å². The van der Waals surface area contributed by atoms with E-state index in [0.717, 1.165) is 28.6 Å². The number of carbonyl (C=O) groups excluding carboxylic acids is 1. The number of aryl methyl sites for hydroxylation is 1. The molecule has 0 spiro atoms. The van der Waals surface area contributed by atoms with Gasteiger partial charge < -0.3 is 5.32 Å². The molecular weight excluding hydrogens is 370 g/mol. The first-order valence-electron chi connectivity index (χ1n) is 8.19. The molecule has 8 heteroatoms. The maximum atomic E-state index is 12.5. The molecule has 1 aliphatic rings. The highest BCUT2D eigenvalue weighted by atomic mass is 32.2. The lowest BCUT2D eigenvalue weighted by Crippen LogP contribution is -2.34. The molecule has 6 nitrogen and oxygen atoms in total. The van der Waals surface area contributed by atoms with Crippen molar-refractivity contribution in [1.82, 2.24) is 4.98 Å². The lowest BCUT2D eigenvalue weighted by atomic mass is 10.0. The Balaban J connectivity index is 1.63. The number of hydrogen-bond acceptors (Lipinski definition) is 5. The number of carbonyl (C=O) groups is 1. The first kappa shape index (κ1) is 17.0. The number of nitrogens with one attached hydrogen (secondary N) is 1. The molecule has 0 bridgehead atoms. The first-order valence-corrected chi connectivity index (χ1v) is 10.9. The number of nitrogens with zero attached hydrogens (tertiary/aromatic N) is 2. The van der Waals surface area contributed by atoms with Crippen LogP contribution in [0.2, 0.25) is 0 Å². The second-order valence-corrected chi connectivity index (χ2v) is 9.16. The topological polar surface area (TPSA) is 79.4 Å². The average Bonchev–Trinajstić information content (AvgIpc) is 3.04. The van der Waals surface area contributed by atoms with Gasteiger partial charge in [0.25, 0.3) is 5.91 Å². The van der Waals surface area contributed by atoms with Gasteiger partial charge in [0.1, 0.15) is 0 Å². The number of hydrogen-bond donors (Lipinski definition) is 1. The molecule has 0 atom stereocenters. The minimum absolute atomic E-state index is 0.298. The van der Waals surface area contributed by atoms with Crippen molar-refractivity contribution in [2.75, 3.05) is 22.4 Å². The molecule has 134 valence electrons. The normalized spacial score (nSPS) is 14.3. The van der Waals surface area contributed by atoms with Gasteiger partial charge >= 0.3 is 0 Å². The molecule has 0 aliphatic carbocycles. The van der Waals surface area contributed by atoms with Crippen LogP contribution in [0.5, 0.6) is 0 Å². The van der Waals surface area contributed by atoms with Gasteiger partial charge in [-0.05, 0) is 42.7 Å². The molecule has 0 saturated carbocycles. The molecule has 0 unspecified atom stereocenters. The van der Waals surface area contributed by atoms with Crippen LogP contribution >= 0.6 is 11.3 Å². The molecule has 2 heterocycles. The van der Waals surface area contributed by atoms with Gasteiger partial charge in [0.05, 0.1) is 22.2 Å². The van der Waals surface area contributed by atoms with Crippen LogP contribution in [0, 0.1) is 0 Å². The van der Waals surface area contributed by atoms with Crippen molar-refractivity contribution in [3.8, 4) is 0 Å². The largest absolute Gasteiger partial charge is 0.320 e. The van der Waals surface area contributed by atoms with Gasteiger partial charge in [-0.3, -0.25) is 9.10 Å². The highest BCUT2D eigenvalue weighted by Gasteiger charge is 2.24. The van der Waals surface area contributed by atoms with Gasteiger partial charge in [0, 0.05) is 12.2 Å². The van der Waals surface area contributed by atoms with E-state index in [1.807, 2.05) is 30.3 Å². The summed E-state index contributed by atoms with van der Waals surface area (Å²) in [6.07, 6.45) is 2.82. The van der Waals surface area contributed by atoms with Crippen LogP contribution in [0.25, 0.3) is 10.2 Å². The van der Waals surface area contributed by atoms with Gasteiger partial charge in [-0.1, -0.05) is 18.2 Å². The Bertz CT molecular complexity index is 1070. The fourth-order valence-electron chi connectivity index (χ4n) is 3.12. The van der Waals surface area contributed by atoms with E-state index in [-0.39, 0.29) is 5.91 Å². The lowest BCUT2D eigenvalue weighted by Gasteiger charge is -2.29. The Morgan fingerprint density at radius 3 is 2.81 bits per heavy atom. The number of sulfonamides is 1. The lowest BCUT2D eigenvalue weighted by molar-refractivity contribution is 0.102. The highest BCUT2D eigenvalue weighted by Crippen LogP contribution is 2.32. The van der Waals surface area contributed by atoms with Crippen LogP contribution in [0.4, 0.5) is 11.4 Å². The summed E-state index contributed by atoms with van der Waals surface area (Å²) in [5.74, 6) is -0.298. The van der Waals surface area contributed by atoms with Crippen molar-refractivity contribution in [2.24, 2.45) is 0 Å². The zero-order valence-corrected chi connectivity index (χ0v) is 15.7. The monoisotopic (exact) mass is 387 g/mol. The number of benzene rings is 2. The van der Waals surface area contributed by atoms with Gasteiger partial charge in [-0.2, -0.15) is 0 Å². The van der Waals surface area contributed by atoms with Crippen molar-refractivity contribution in [2.45, 2.75) is 12.8 Å². The number of thiazole rings is 1. The van der Waals surface area contributed by atoms with Crippen LogP contribution in [0.1, 0.15) is 21.8 Å². The zero-order chi connectivity index (χ0) is 18.3. The molecule has 4 rings (SSSR count). The van der Waals surface area contributed by atoms with Gasteiger partial charge in [-0.25, -0.2) is 13.4 Å². The average molecular weight is 387 g/mol. The Morgan fingerprint density at radius 2 is 2.04 bits per heavy atom. The molecule has 26 heavy (non-hydrogen) atoms. The minimum Gasteiger partial charge on any atom is -0.320 e. The fourth-order valence-corrected chi connectivity index (χ4v) is 4.97. The van der Waals surface area contributed by atoms with E-state index in [0.29, 0.717) is 22.9 Å². The summed E-state index contributed by atoms with van der Waals surface area (Å²) >= 11 is 1.33. The van der Waals surface area contributed by atoms with Crippen LogP contribution < -0.4 is 9.62 Å². The quantitative estimate of drug-likeness (QED) is 0.748. The third-order valence-electron chi connectivity index (χ3n) is 4.31. The van der Waals surface area contributed by atoms with Crippen LogP contribution in [0.3, 0.4) is 0 Å². The highest BCUT2D eigenvalue weighted by molar-refractivity contribution is 7.92. The van der Waals surface area contributed by atoms with E-state index in [1.165, 1.54) is 21.9 Å². The van der Waals surface area contributed by atoms with E-state index in [1.54, 1.807) is 12.1 Å². The van der Waals surface area contributed by atoms with Crippen LogP contribution in [-0.2, 0) is 16.4 Å². The van der Waals surface area contributed by atoms with Crippen molar-refractivity contribution in [1.29, 1.82) is 0 Å². The second kappa shape index (κ2) is 6.37. The molecular formula is C18H17N3O3S2. The fraction of sp³-hybridized carbons (Fsp3) is 0.222. The maximum absolute atomic E-state index is 12.5. The third-order valence-corrected chi connectivity index (χ3v) is 6.52. The van der Waals surface area contributed by atoms with Crippen molar-refractivity contribution >= 4 is 48.9 Å². The number of anilines is 2. The Labute approximate surface area is 155 Å². The van der Waals surface area contributed by atoms with Gasteiger partial charge in [-0.15, -0.1) is 11.3 Å². The minimum atomic E-state index is -3.34. The summed E-state index contributed by atoms with van der Waals surface area (Å²) in [5, 5.41) is 3.21. The predicted octanol–water partition coefficient (Wildman–Crippen LogP) is 3.26. The number of amides is 1. The van der Waals surface area contributed by atoms with E-state index in [2.05, 4.69) is 10.3 Å². The van der Waals surface area contributed by atoms with E-state index < -0.39 is 10.0 Å². The summed E-state index contributed by atoms with van der Waals surface area (Å²) < 4.78 is 26.4. The van der Waals surface area contributed by atoms with Crippen molar-refractivity contribution in [3.63, 3.8) is 0 Å². The molecule has 3 aromatic rings. The molecule has 0 radical (unpaired) electrons. The third kappa shape index (κ3) is 3.17. The zero-order valence-electron chi connectivity index (χ0n) is 14.1. The molecule has 1 amide bonds. The van der Waals surface area contributed by atoms with E-state index >= 15 is 0 Å². The summed E-state index contributed by atoms with van der Waals surface area (Å²) in [4.78, 5) is 16.9. The Kier molecular flexibility index (Phi) is 4.16. The molecule has 0 fully saturated rings. The number of aromatic nitrogens is 1. The van der Waals surface area contributed by atoms with Crippen molar-refractivity contribution in [3.05, 3.63) is 53.0 Å². The number of para-hydroxylation sites is 1. The summed E-state index contributed by atoms with van der Waals surface area (Å²) in [6.45, 7) is 0.459. The van der Waals surface area contributed by atoms with Crippen LogP contribution in [0.15, 0.2) is 42.5 Å². The van der Waals surface area contributed by atoms with Gasteiger partial charge in [0.2, 0.25) is 10.0 Å². The number of rotatable bonds is 3. The smallest absolute Gasteiger partial charge is 0.284 e. The van der Waals surface area contributed by atoms with E-state index in [4.69, 9.17) is 0 Å². The van der Waals surface area contributed by atoms with Crippen LogP contribution in [-0.4, -0.2) is 32.1 Å². The Hall–Kier alpha value is -2.45. The second-order valence-electron chi connectivity index (χ2n) is 6.22. The summed E-state index contributed by atoms with van der Waals surface area (Å²) in [5.41, 5.74) is 2.96. The molecule has 1 aliphatic heterocycles. The maximum Gasteiger partial charge on any atom is 0.284 e. The summed E-state index contributed by atoms with van der Waals surface area (Å²) in [6, 6.07) is 13.0. The molecule has 1 N–H and O–H groups in total. The SMILES string of the molecule is CS(=O)(=O)N1CCCc2ccc(NC(=O)c3nc4ccccc4s3)cc21.